The number of aliphatic hydroxyl groups excluding tert-OH is 1. The fourth-order valence-electron chi connectivity index (χ4n) is 1.52. The molecule has 0 amide bonds. The topological polar surface area (TPSA) is 47.9 Å². The maximum absolute atomic E-state index is 9.20. The van der Waals surface area contributed by atoms with E-state index in [1.54, 1.807) is 0 Å². The van der Waals surface area contributed by atoms with E-state index in [-0.39, 0.29) is 12.2 Å². The molecule has 0 spiro atoms. The Kier molecular flexibility index (Phi) is 1.47. The molecule has 1 N–H and O–H groups in total. The summed E-state index contributed by atoms with van der Waals surface area (Å²) < 4.78 is 15.7. The van der Waals surface area contributed by atoms with Crippen LogP contribution >= 0.6 is 0 Å². The number of hydrogen-bond acceptors (Lipinski definition) is 4. The van der Waals surface area contributed by atoms with E-state index < -0.39 is 12.1 Å². The SMILES string of the molecule is CC1(C)O[C@@H]2COC(O)[C@@H]2O1. The van der Waals surface area contributed by atoms with Gasteiger partial charge in [-0.3, -0.25) is 0 Å². The average molecular weight is 160 g/mol. The zero-order valence-electron chi connectivity index (χ0n) is 6.61. The van der Waals surface area contributed by atoms with Crippen LogP contribution in [0.4, 0.5) is 0 Å². The molecule has 11 heavy (non-hydrogen) atoms. The highest BCUT2D eigenvalue weighted by Crippen LogP contribution is 2.33. The van der Waals surface area contributed by atoms with Gasteiger partial charge in [0.05, 0.1) is 6.61 Å². The predicted molar refractivity (Wildman–Crippen MR) is 35.8 cm³/mol. The average Bonchev–Trinajstić information content (AvgIpc) is 2.31. The first-order valence-corrected chi connectivity index (χ1v) is 3.74. The lowest BCUT2D eigenvalue weighted by molar-refractivity contribution is -0.205. The molecule has 1 unspecified atom stereocenters. The van der Waals surface area contributed by atoms with Crippen LogP contribution in [0.15, 0.2) is 0 Å². The van der Waals surface area contributed by atoms with Crippen molar-refractivity contribution in [3.8, 4) is 0 Å². The maximum atomic E-state index is 9.20. The highest BCUT2D eigenvalue weighted by molar-refractivity contribution is 4.87. The Bertz CT molecular complexity index is 168. The smallest absolute Gasteiger partial charge is 0.184 e. The van der Waals surface area contributed by atoms with Gasteiger partial charge in [-0.25, -0.2) is 0 Å². The minimum absolute atomic E-state index is 0.0972. The molecule has 4 nitrogen and oxygen atoms in total. The minimum Gasteiger partial charge on any atom is -0.366 e. The van der Waals surface area contributed by atoms with Crippen molar-refractivity contribution in [2.45, 2.75) is 38.1 Å². The van der Waals surface area contributed by atoms with Gasteiger partial charge in [0.15, 0.2) is 12.1 Å². The lowest BCUT2D eigenvalue weighted by Crippen LogP contribution is -2.29. The summed E-state index contributed by atoms with van der Waals surface area (Å²) in [7, 11) is 0. The third-order valence-corrected chi connectivity index (χ3v) is 1.93. The summed E-state index contributed by atoms with van der Waals surface area (Å²) in [5, 5.41) is 9.20. The second-order valence-electron chi connectivity index (χ2n) is 3.36. The fraction of sp³-hybridized carbons (Fsp3) is 1.00. The molecule has 3 atom stereocenters. The van der Waals surface area contributed by atoms with E-state index in [0.29, 0.717) is 6.61 Å². The minimum atomic E-state index is -0.818. The lowest BCUT2D eigenvalue weighted by Gasteiger charge is -2.19. The van der Waals surface area contributed by atoms with Crippen molar-refractivity contribution < 1.29 is 19.3 Å². The van der Waals surface area contributed by atoms with Crippen LogP contribution in [0.1, 0.15) is 13.8 Å². The summed E-state index contributed by atoms with van der Waals surface area (Å²) in [5.74, 6) is -0.569. The van der Waals surface area contributed by atoms with Crippen LogP contribution in [0.2, 0.25) is 0 Å². The number of hydrogen-bond donors (Lipinski definition) is 1. The van der Waals surface area contributed by atoms with Gasteiger partial charge in [0.1, 0.15) is 12.2 Å². The molecule has 64 valence electrons. The van der Waals surface area contributed by atoms with E-state index in [9.17, 15) is 5.11 Å². The summed E-state index contributed by atoms with van der Waals surface area (Å²) in [6, 6.07) is 0. The molecule has 2 rings (SSSR count). The van der Waals surface area contributed by atoms with E-state index >= 15 is 0 Å². The fourth-order valence-corrected chi connectivity index (χ4v) is 1.52. The zero-order chi connectivity index (χ0) is 8.06. The molecule has 0 aliphatic carbocycles. The van der Waals surface area contributed by atoms with Crippen molar-refractivity contribution in [1.29, 1.82) is 0 Å². The Hall–Kier alpha value is -0.160. The van der Waals surface area contributed by atoms with Crippen LogP contribution < -0.4 is 0 Å². The van der Waals surface area contributed by atoms with Crippen molar-refractivity contribution in [2.24, 2.45) is 0 Å². The quantitative estimate of drug-likeness (QED) is 0.535. The van der Waals surface area contributed by atoms with Gasteiger partial charge >= 0.3 is 0 Å². The largest absolute Gasteiger partial charge is 0.366 e. The van der Waals surface area contributed by atoms with Crippen LogP contribution in [-0.2, 0) is 14.2 Å². The maximum Gasteiger partial charge on any atom is 0.184 e. The molecule has 0 saturated carbocycles. The second-order valence-corrected chi connectivity index (χ2v) is 3.36. The Morgan fingerprint density at radius 2 is 2.09 bits per heavy atom. The number of fused-ring (bicyclic) bond motifs is 1. The normalized spacial score (nSPS) is 47.7. The first kappa shape index (κ1) is 7.49. The van der Waals surface area contributed by atoms with E-state index in [0.717, 1.165) is 0 Å². The molecular weight excluding hydrogens is 148 g/mol. The van der Waals surface area contributed by atoms with E-state index in [4.69, 9.17) is 14.2 Å². The highest BCUT2D eigenvalue weighted by Gasteiger charge is 2.49. The molecule has 0 radical (unpaired) electrons. The number of rotatable bonds is 0. The Morgan fingerprint density at radius 3 is 2.73 bits per heavy atom. The monoisotopic (exact) mass is 160 g/mol. The lowest BCUT2D eigenvalue weighted by atomic mass is 10.2. The summed E-state index contributed by atoms with van der Waals surface area (Å²) in [6.07, 6.45) is -1.22. The van der Waals surface area contributed by atoms with Gasteiger partial charge in [-0.05, 0) is 13.8 Å². The van der Waals surface area contributed by atoms with Crippen molar-refractivity contribution in [3.63, 3.8) is 0 Å². The van der Waals surface area contributed by atoms with Gasteiger partial charge in [0.2, 0.25) is 0 Å². The predicted octanol–water partition coefficient (Wildman–Crippen LogP) is -0.145. The molecule has 4 heteroatoms. The molecule has 0 aromatic heterocycles. The molecule has 2 aliphatic heterocycles. The van der Waals surface area contributed by atoms with Gasteiger partial charge in [-0.15, -0.1) is 0 Å². The Balaban J connectivity index is 2.10. The number of aliphatic hydroxyl groups is 1. The van der Waals surface area contributed by atoms with Crippen LogP contribution in [0, 0.1) is 0 Å². The van der Waals surface area contributed by atoms with Crippen LogP contribution in [0.5, 0.6) is 0 Å². The third kappa shape index (κ3) is 1.16. The van der Waals surface area contributed by atoms with E-state index in [1.165, 1.54) is 0 Å². The molecule has 2 fully saturated rings. The van der Waals surface area contributed by atoms with Crippen LogP contribution in [0.25, 0.3) is 0 Å². The first-order valence-electron chi connectivity index (χ1n) is 3.74. The van der Waals surface area contributed by atoms with Crippen molar-refractivity contribution in [1.82, 2.24) is 0 Å². The van der Waals surface area contributed by atoms with Crippen molar-refractivity contribution in [3.05, 3.63) is 0 Å². The van der Waals surface area contributed by atoms with Gasteiger partial charge in [0, 0.05) is 0 Å². The molecule has 0 aromatic carbocycles. The second kappa shape index (κ2) is 2.17. The molecule has 0 bridgehead atoms. The Labute approximate surface area is 65.1 Å². The highest BCUT2D eigenvalue weighted by atomic mass is 16.8. The van der Waals surface area contributed by atoms with E-state index in [1.807, 2.05) is 13.8 Å². The van der Waals surface area contributed by atoms with Gasteiger partial charge in [0.25, 0.3) is 0 Å². The summed E-state index contributed by atoms with van der Waals surface area (Å²) in [5.41, 5.74) is 0. The van der Waals surface area contributed by atoms with Crippen molar-refractivity contribution >= 4 is 0 Å². The number of ether oxygens (including phenoxy) is 3. The van der Waals surface area contributed by atoms with Gasteiger partial charge in [-0.2, -0.15) is 0 Å². The van der Waals surface area contributed by atoms with Crippen molar-refractivity contribution in [2.75, 3.05) is 6.61 Å². The standard InChI is InChI=1S/C7H12O4/c1-7(2)10-4-3-9-6(8)5(4)11-7/h4-6,8H,3H2,1-2H3/t4-,5-,6?/m1/s1. The first-order chi connectivity index (χ1) is 5.08. The summed E-state index contributed by atoms with van der Waals surface area (Å²) >= 11 is 0. The van der Waals surface area contributed by atoms with Gasteiger partial charge < -0.3 is 19.3 Å². The third-order valence-electron chi connectivity index (χ3n) is 1.93. The summed E-state index contributed by atoms with van der Waals surface area (Å²) in [4.78, 5) is 0. The molecule has 2 aliphatic rings. The van der Waals surface area contributed by atoms with Crippen LogP contribution in [-0.4, -0.2) is 36.0 Å². The zero-order valence-corrected chi connectivity index (χ0v) is 6.61. The molecule has 0 aromatic rings. The molecule has 2 heterocycles. The van der Waals surface area contributed by atoms with E-state index in [2.05, 4.69) is 0 Å². The summed E-state index contributed by atoms with van der Waals surface area (Å²) in [6.45, 7) is 4.09. The molecular formula is C7H12O4. The van der Waals surface area contributed by atoms with Crippen LogP contribution in [0.3, 0.4) is 0 Å². The van der Waals surface area contributed by atoms with Gasteiger partial charge in [-0.1, -0.05) is 0 Å². The molecule has 2 saturated heterocycles. The Morgan fingerprint density at radius 1 is 1.36 bits per heavy atom.